The van der Waals surface area contributed by atoms with Crippen LogP contribution in [-0.4, -0.2) is 75.9 Å². The number of benzene rings is 1. The van der Waals surface area contributed by atoms with E-state index in [4.69, 9.17) is 4.74 Å². The van der Waals surface area contributed by atoms with Gasteiger partial charge in [0.1, 0.15) is 12.1 Å². The summed E-state index contributed by atoms with van der Waals surface area (Å²) >= 11 is 1.79. The third kappa shape index (κ3) is 5.72. The number of carbonyl (C=O) groups excluding carboxylic acids is 1. The highest BCUT2D eigenvalue weighted by Gasteiger charge is 2.40. The molecule has 0 spiro atoms. The van der Waals surface area contributed by atoms with E-state index in [1.807, 2.05) is 0 Å². The van der Waals surface area contributed by atoms with Gasteiger partial charge in [0.05, 0.1) is 30.3 Å². The van der Waals surface area contributed by atoms with Crippen molar-refractivity contribution in [2.24, 2.45) is 0 Å². The summed E-state index contributed by atoms with van der Waals surface area (Å²) in [6.07, 6.45) is 0.992. The van der Waals surface area contributed by atoms with Gasteiger partial charge in [0.15, 0.2) is 0 Å². The van der Waals surface area contributed by atoms with Crippen molar-refractivity contribution in [2.75, 3.05) is 38.2 Å². The molecule has 2 fully saturated rings. The van der Waals surface area contributed by atoms with E-state index in [2.05, 4.69) is 30.5 Å². The number of amides is 1. The molecule has 1 aromatic carbocycles. The van der Waals surface area contributed by atoms with Gasteiger partial charge in [-0.2, -0.15) is 17.6 Å². The summed E-state index contributed by atoms with van der Waals surface area (Å²) in [6.45, 7) is 2.68. The average molecular weight is 577 g/mol. The van der Waals surface area contributed by atoms with E-state index in [9.17, 15) is 22.4 Å². The fourth-order valence-electron chi connectivity index (χ4n) is 5.76. The predicted octanol–water partition coefficient (Wildman–Crippen LogP) is 3.97. The monoisotopic (exact) mass is 576 g/mol. The number of aromatic nitrogens is 3. The van der Waals surface area contributed by atoms with Crippen LogP contribution in [0.1, 0.15) is 34.8 Å². The highest BCUT2D eigenvalue weighted by Crippen LogP contribution is 2.45. The van der Waals surface area contributed by atoms with Gasteiger partial charge < -0.3 is 15.4 Å². The Morgan fingerprint density at radius 1 is 1.15 bits per heavy atom. The van der Waals surface area contributed by atoms with Crippen LogP contribution in [0.5, 0.6) is 0 Å². The van der Waals surface area contributed by atoms with Crippen LogP contribution in [0.3, 0.4) is 0 Å². The molecule has 212 valence electrons. The second-order valence-corrected chi connectivity index (χ2v) is 11.8. The largest absolute Gasteiger partial charge is 0.416 e. The maximum atomic E-state index is 13.6. The Bertz CT molecular complexity index is 1400. The first-order chi connectivity index (χ1) is 19.2. The summed E-state index contributed by atoms with van der Waals surface area (Å²) in [5.74, 6) is -0.591. The number of thioether (sulfide) groups is 1. The van der Waals surface area contributed by atoms with Gasteiger partial charge in [-0.15, -0.1) is 11.8 Å². The Kier molecular flexibility index (Phi) is 7.53. The van der Waals surface area contributed by atoms with E-state index in [1.165, 1.54) is 18.5 Å². The number of alkyl halides is 3. The number of anilines is 1. The molecule has 4 atom stereocenters. The molecule has 0 bridgehead atoms. The van der Waals surface area contributed by atoms with Gasteiger partial charge >= 0.3 is 6.18 Å². The highest BCUT2D eigenvalue weighted by atomic mass is 32.2. The minimum absolute atomic E-state index is 0.0970. The molecule has 6 rings (SSSR count). The molecule has 3 aromatic rings. The van der Waals surface area contributed by atoms with Gasteiger partial charge in [-0.05, 0) is 54.7 Å². The molecule has 40 heavy (non-hydrogen) atoms. The lowest BCUT2D eigenvalue weighted by Crippen LogP contribution is -2.44. The van der Waals surface area contributed by atoms with Crippen LogP contribution in [0, 0.1) is 5.95 Å². The van der Waals surface area contributed by atoms with E-state index >= 15 is 0 Å². The summed E-state index contributed by atoms with van der Waals surface area (Å²) in [5, 5.41) is 6.49. The van der Waals surface area contributed by atoms with Crippen molar-refractivity contribution in [3.63, 3.8) is 0 Å². The maximum Gasteiger partial charge on any atom is 0.416 e. The predicted molar refractivity (Wildman–Crippen MR) is 142 cm³/mol. The van der Waals surface area contributed by atoms with Crippen molar-refractivity contribution in [1.82, 2.24) is 25.2 Å². The van der Waals surface area contributed by atoms with Crippen LogP contribution in [0.2, 0.25) is 0 Å². The van der Waals surface area contributed by atoms with Gasteiger partial charge in [0, 0.05) is 47.8 Å². The third-order valence-corrected chi connectivity index (χ3v) is 9.44. The Hall–Kier alpha value is -3.03. The standard InChI is InChI=1S/C27H28F4N6O2S/c28-24-7-15-1-4-22(19(15)9-32-24)40-23-12-37(17-5-6-39-13-17)11-21(23)36-25(38)10-33-26-18-8-16(27(29,30)31)2-3-20(18)34-14-35-26/h2-3,7-9,14,17,21-23H,1,4-6,10-13H2,(H,36,38)(H,33,34,35)/t17?,21?,22?,23-/m0/s1. The quantitative estimate of drug-likeness (QED) is 0.323. The van der Waals surface area contributed by atoms with Gasteiger partial charge in [-0.3, -0.25) is 9.69 Å². The minimum Gasteiger partial charge on any atom is -0.380 e. The molecule has 1 aliphatic carbocycles. The van der Waals surface area contributed by atoms with Crippen LogP contribution in [0.15, 0.2) is 36.8 Å². The second kappa shape index (κ2) is 11.1. The highest BCUT2D eigenvalue weighted by molar-refractivity contribution is 8.00. The molecule has 3 unspecified atom stereocenters. The third-order valence-electron chi connectivity index (χ3n) is 7.79. The van der Waals surface area contributed by atoms with E-state index in [0.717, 1.165) is 55.7 Å². The number of hydrogen-bond acceptors (Lipinski definition) is 8. The van der Waals surface area contributed by atoms with E-state index < -0.39 is 17.7 Å². The number of carbonyl (C=O) groups is 1. The Labute approximate surface area is 232 Å². The lowest BCUT2D eigenvalue weighted by molar-refractivity contribution is -0.137. The molecular formula is C27H28F4N6O2S. The molecule has 0 saturated carbocycles. The van der Waals surface area contributed by atoms with Crippen LogP contribution in [0.25, 0.3) is 10.9 Å². The number of nitrogens with one attached hydrogen (secondary N) is 2. The Balaban J connectivity index is 1.14. The maximum absolute atomic E-state index is 13.6. The minimum atomic E-state index is -4.51. The molecule has 8 nitrogen and oxygen atoms in total. The molecule has 2 aromatic heterocycles. The summed E-state index contributed by atoms with van der Waals surface area (Å²) < 4.78 is 59.0. The number of fused-ring (bicyclic) bond motifs is 2. The molecule has 1 amide bonds. The second-order valence-electron chi connectivity index (χ2n) is 10.4. The smallest absolute Gasteiger partial charge is 0.380 e. The van der Waals surface area contributed by atoms with Gasteiger partial charge in [0.25, 0.3) is 0 Å². The van der Waals surface area contributed by atoms with Gasteiger partial charge in [-0.25, -0.2) is 15.0 Å². The molecule has 2 aliphatic heterocycles. The van der Waals surface area contributed by atoms with Gasteiger partial charge in [0.2, 0.25) is 11.9 Å². The molecular weight excluding hydrogens is 548 g/mol. The van der Waals surface area contributed by atoms with Crippen LogP contribution >= 0.6 is 11.8 Å². The number of halogens is 4. The van der Waals surface area contributed by atoms with E-state index in [0.29, 0.717) is 24.7 Å². The lowest BCUT2D eigenvalue weighted by atomic mass is 10.1. The number of aryl methyl sites for hydroxylation is 1. The molecule has 2 saturated heterocycles. The molecule has 4 heterocycles. The lowest BCUT2D eigenvalue weighted by Gasteiger charge is -2.23. The zero-order valence-electron chi connectivity index (χ0n) is 21.5. The fourth-order valence-corrected chi connectivity index (χ4v) is 7.42. The van der Waals surface area contributed by atoms with E-state index in [-0.39, 0.29) is 40.2 Å². The van der Waals surface area contributed by atoms with Crippen molar-refractivity contribution in [3.05, 3.63) is 59.4 Å². The normalized spacial score (nSPS) is 24.9. The molecule has 3 aliphatic rings. The van der Waals surface area contributed by atoms with Crippen molar-refractivity contribution in [1.29, 1.82) is 0 Å². The topological polar surface area (TPSA) is 92.3 Å². The van der Waals surface area contributed by atoms with Crippen LogP contribution in [-0.2, 0) is 22.1 Å². The summed E-state index contributed by atoms with van der Waals surface area (Å²) in [6, 6.07) is 4.91. The summed E-state index contributed by atoms with van der Waals surface area (Å²) in [5.41, 5.74) is 1.57. The van der Waals surface area contributed by atoms with Gasteiger partial charge in [-0.1, -0.05) is 0 Å². The van der Waals surface area contributed by atoms with Crippen molar-refractivity contribution in [2.45, 2.75) is 48.0 Å². The summed E-state index contributed by atoms with van der Waals surface area (Å²) in [7, 11) is 0. The van der Waals surface area contributed by atoms with Crippen molar-refractivity contribution < 1.29 is 27.1 Å². The zero-order valence-corrected chi connectivity index (χ0v) is 22.3. The van der Waals surface area contributed by atoms with Crippen LogP contribution < -0.4 is 10.6 Å². The zero-order chi connectivity index (χ0) is 27.9. The number of likely N-dealkylation sites (tertiary alicyclic amines) is 1. The average Bonchev–Trinajstić information content (AvgIpc) is 3.68. The Morgan fingerprint density at radius 2 is 2.02 bits per heavy atom. The van der Waals surface area contributed by atoms with Crippen molar-refractivity contribution in [3.8, 4) is 0 Å². The number of pyridine rings is 1. The first-order valence-corrected chi connectivity index (χ1v) is 14.2. The van der Waals surface area contributed by atoms with Crippen LogP contribution in [0.4, 0.5) is 23.4 Å². The first kappa shape index (κ1) is 27.2. The number of nitrogens with zero attached hydrogens (tertiary/aromatic N) is 4. The Morgan fingerprint density at radius 3 is 2.83 bits per heavy atom. The molecule has 0 radical (unpaired) electrons. The SMILES string of the molecule is O=C(CNc1ncnc2ccc(C(F)(F)F)cc12)NC1CN(C2CCOC2)C[C@@H]1SC1CCc2cc(F)ncc21. The number of rotatable bonds is 7. The summed E-state index contributed by atoms with van der Waals surface area (Å²) in [4.78, 5) is 27.4. The number of ether oxygens (including phenoxy) is 1. The number of hydrogen-bond donors (Lipinski definition) is 2. The van der Waals surface area contributed by atoms with E-state index in [1.54, 1.807) is 18.0 Å². The molecule has 2 N–H and O–H groups in total. The molecule has 13 heteroatoms. The fraction of sp³-hybridized carbons (Fsp3) is 0.481. The first-order valence-electron chi connectivity index (χ1n) is 13.2. The van der Waals surface area contributed by atoms with Crippen molar-refractivity contribution >= 4 is 34.4 Å².